The molecule has 4 amide bonds. The van der Waals surface area contributed by atoms with E-state index >= 15 is 0 Å². The van der Waals surface area contributed by atoms with Gasteiger partial charge in [-0.15, -0.1) is 0 Å². The topological polar surface area (TPSA) is 177 Å². The van der Waals surface area contributed by atoms with Crippen LogP contribution in [-0.4, -0.2) is 129 Å². The summed E-state index contributed by atoms with van der Waals surface area (Å²) in [6, 6.07) is 17.6. The van der Waals surface area contributed by atoms with Gasteiger partial charge in [0.15, 0.2) is 0 Å². The number of fused-ring (bicyclic) bond motifs is 3. The number of imidazole rings is 1. The number of ether oxygens (including phenoxy) is 4. The lowest BCUT2D eigenvalue weighted by Gasteiger charge is -2.31. The molecule has 0 unspecified atom stereocenters. The van der Waals surface area contributed by atoms with Crippen LogP contribution in [0.2, 0.25) is 19.1 Å². The standard InChI is InChI=1S/C44H55N7O8Si/c1-25(56-3)38(48-43(54)58-5)41(52)50-19-9-10-36(50)34-21-32-31-17-15-29(20-30(31)16-18-33(32)46-34)27-11-13-28(14-12-27)35-22-45-40(47-35)37-23-60(7,8)24-51(37)42(53)39(26(2)57-4)49-44(55)59-6/h11-18,20,22,25-26,36-39H,9-10,19,21,23-24H2,1-8H3,(H,45,47)(H,48,54)(H,49,55)/t25-,26-,36+,37+,38+,39+/m1/s1. The third kappa shape index (κ3) is 8.54. The molecule has 3 N–H and O–H groups in total. The van der Waals surface area contributed by atoms with E-state index in [0.29, 0.717) is 25.0 Å². The summed E-state index contributed by atoms with van der Waals surface area (Å²) in [7, 11) is 3.76. The van der Waals surface area contributed by atoms with E-state index < -0.39 is 44.6 Å². The van der Waals surface area contributed by atoms with Gasteiger partial charge in [-0.3, -0.25) is 14.6 Å². The van der Waals surface area contributed by atoms with Crippen molar-refractivity contribution < 1.29 is 38.1 Å². The van der Waals surface area contributed by atoms with Crippen molar-refractivity contribution in [2.45, 2.75) is 88.6 Å². The summed E-state index contributed by atoms with van der Waals surface area (Å²) in [4.78, 5) is 69.0. The molecule has 4 aromatic rings. The first-order valence-corrected chi connectivity index (χ1v) is 23.8. The van der Waals surface area contributed by atoms with Crippen molar-refractivity contribution in [3.05, 3.63) is 72.2 Å². The van der Waals surface area contributed by atoms with Crippen molar-refractivity contribution in [1.29, 1.82) is 0 Å². The van der Waals surface area contributed by atoms with E-state index in [1.54, 1.807) is 13.8 Å². The Kier molecular flexibility index (Phi) is 12.5. The molecule has 0 saturated carbocycles. The van der Waals surface area contributed by atoms with Crippen molar-refractivity contribution in [3.63, 3.8) is 0 Å². The summed E-state index contributed by atoms with van der Waals surface area (Å²) in [6.45, 7) is 8.59. The molecule has 0 radical (unpaired) electrons. The SMILES string of the molecule is COC(=O)N[C@H](C(=O)N1CCC[C@H]1C1=Nc2ccc3cc(-c4ccc(-c5cnc([C@@H]6C[Si](C)(C)CN6C(=O)[C@@H](NC(=O)OC)[C@@H](C)OC)[nH]5)cc4)ccc3c2C1)[C@@H](C)OC. The molecule has 318 valence electrons. The molecule has 3 aromatic carbocycles. The number of aromatic nitrogens is 2. The zero-order valence-electron chi connectivity index (χ0n) is 35.5. The molecule has 0 spiro atoms. The first-order chi connectivity index (χ1) is 28.7. The summed E-state index contributed by atoms with van der Waals surface area (Å²) in [5, 5.41) is 7.56. The van der Waals surface area contributed by atoms with Crippen LogP contribution >= 0.6 is 0 Å². The van der Waals surface area contributed by atoms with Crippen LogP contribution in [-0.2, 0) is 35.0 Å². The van der Waals surface area contributed by atoms with Gasteiger partial charge in [-0.1, -0.05) is 55.6 Å². The molecule has 60 heavy (non-hydrogen) atoms. The third-order valence-corrected chi connectivity index (χ3v) is 14.9. The molecule has 4 heterocycles. The predicted molar refractivity (Wildman–Crippen MR) is 231 cm³/mol. The number of hydrogen-bond acceptors (Lipinski definition) is 10. The van der Waals surface area contributed by atoms with E-state index in [2.05, 4.69) is 83.3 Å². The lowest BCUT2D eigenvalue weighted by Crippen LogP contribution is -2.56. The predicted octanol–water partition coefficient (Wildman–Crippen LogP) is 6.17. The summed E-state index contributed by atoms with van der Waals surface area (Å²) in [5.74, 6) is 0.280. The highest BCUT2D eigenvalue weighted by atomic mass is 28.3. The van der Waals surface area contributed by atoms with Crippen molar-refractivity contribution in [2.75, 3.05) is 41.2 Å². The van der Waals surface area contributed by atoms with Gasteiger partial charge in [-0.05, 0) is 77.9 Å². The average molecular weight is 838 g/mol. The van der Waals surface area contributed by atoms with Gasteiger partial charge in [0.05, 0.1) is 64.2 Å². The average Bonchev–Trinajstić information content (AvgIpc) is 4.09. The van der Waals surface area contributed by atoms with Gasteiger partial charge in [0.1, 0.15) is 17.9 Å². The van der Waals surface area contributed by atoms with Crippen molar-refractivity contribution >= 4 is 54.2 Å². The molecule has 2 saturated heterocycles. The molecule has 1 aromatic heterocycles. The van der Waals surface area contributed by atoms with Gasteiger partial charge in [-0.25, -0.2) is 14.6 Å². The fourth-order valence-corrected chi connectivity index (χ4v) is 11.7. The minimum atomic E-state index is -1.80. The fraction of sp³-hybridized carbons (Fsp3) is 0.455. The van der Waals surface area contributed by atoms with Crippen LogP contribution in [0.25, 0.3) is 33.2 Å². The van der Waals surface area contributed by atoms with Gasteiger partial charge in [0.25, 0.3) is 0 Å². The number of H-pyrrole nitrogens is 1. The molecular formula is C44H55N7O8Si. The molecule has 0 bridgehead atoms. The van der Waals surface area contributed by atoms with Crippen LogP contribution in [0.1, 0.15) is 44.1 Å². The Morgan fingerprint density at radius 2 is 1.42 bits per heavy atom. The number of aromatic amines is 1. The molecule has 6 atom stereocenters. The number of nitrogens with one attached hydrogen (secondary N) is 3. The molecular weight excluding hydrogens is 783 g/mol. The number of benzene rings is 3. The highest BCUT2D eigenvalue weighted by Gasteiger charge is 2.46. The molecule has 3 aliphatic heterocycles. The summed E-state index contributed by atoms with van der Waals surface area (Å²) >= 11 is 0. The van der Waals surface area contributed by atoms with E-state index in [-0.39, 0.29) is 23.9 Å². The van der Waals surface area contributed by atoms with Gasteiger partial charge < -0.3 is 44.4 Å². The van der Waals surface area contributed by atoms with E-state index in [1.165, 1.54) is 28.4 Å². The highest BCUT2D eigenvalue weighted by molar-refractivity contribution is 6.78. The minimum Gasteiger partial charge on any atom is -0.453 e. The van der Waals surface area contributed by atoms with Crippen LogP contribution in [0.15, 0.2) is 65.8 Å². The Hall–Kier alpha value is -5.58. The summed E-state index contributed by atoms with van der Waals surface area (Å²) < 4.78 is 20.5. The van der Waals surface area contributed by atoms with Crippen molar-refractivity contribution in [1.82, 2.24) is 30.4 Å². The number of likely N-dealkylation sites (tertiary alicyclic amines) is 1. The van der Waals surface area contributed by atoms with Crippen LogP contribution < -0.4 is 10.6 Å². The zero-order valence-corrected chi connectivity index (χ0v) is 36.5. The third-order valence-electron chi connectivity index (χ3n) is 12.2. The number of alkyl carbamates (subject to hydrolysis) is 2. The summed E-state index contributed by atoms with van der Waals surface area (Å²) in [5.41, 5.74) is 6.97. The number of carbonyl (C=O) groups is 4. The Morgan fingerprint density at radius 3 is 2.05 bits per heavy atom. The molecule has 7 rings (SSSR count). The number of amides is 4. The van der Waals surface area contributed by atoms with Crippen LogP contribution in [0, 0.1) is 0 Å². The molecule has 2 fully saturated rings. The Bertz CT molecular complexity index is 2300. The number of nitrogens with zero attached hydrogens (tertiary/aromatic N) is 4. The van der Waals surface area contributed by atoms with E-state index in [4.69, 9.17) is 28.9 Å². The van der Waals surface area contributed by atoms with Gasteiger partial charge in [-0.2, -0.15) is 0 Å². The largest absolute Gasteiger partial charge is 0.453 e. The van der Waals surface area contributed by atoms with E-state index in [1.807, 2.05) is 16.0 Å². The van der Waals surface area contributed by atoms with Gasteiger partial charge in [0.2, 0.25) is 11.8 Å². The van der Waals surface area contributed by atoms with Gasteiger partial charge >= 0.3 is 12.2 Å². The van der Waals surface area contributed by atoms with Crippen LogP contribution in [0.5, 0.6) is 0 Å². The Morgan fingerprint density at radius 1 is 0.800 bits per heavy atom. The second-order valence-electron chi connectivity index (χ2n) is 16.7. The number of hydrogen-bond donors (Lipinski definition) is 3. The summed E-state index contributed by atoms with van der Waals surface area (Å²) in [6.07, 6.45) is 2.25. The van der Waals surface area contributed by atoms with Crippen molar-refractivity contribution in [3.8, 4) is 22.4 Å². The zero-order chi connectivity index (χ0) is 42.9. The minimum absolute atomic E-state index is 0.171. The first-order valence-electron chi connectivity index (χ1n) is 20.4. The maximum atomic E-state index is 14.0. The molecule has 0 aliphatic carbocycles. The number of carbonyl (C=O) groups excluding carboxylic acids is 4. The van der Waals surface area contributed by atoms with Gasteiger partial charge in [0, 0.05) is 39.1 Å². The smallest absolute Gasteiger partial charge is 0.407 e. The van der Waals surface area contributed by atoms with E-state index in [0.717, 1.165) is 69.0 Å². The lowest BCUT2D eigenvalue weighted by atomic mass is 9.95. The highest BCUT2D eigenvalue weighted by Crippen LogP contribution is 2.40. The number of aliphatic imine (C=N–C) groups is 1. The van der Waals surface area contributed by atoms with Crippen molar-refractivity contribution in [2.24, 2.45) is 4.99 Å². The van der Waals surface area contributed by atoms with E-state index in [9.17, 15) is 19.2 Å². The monoisotopic (exact) mass is 837 g/mol. The first kappa shape index (κ1) is 42.5. The molecule has 16 heteroatoms. The second-order valence-corrected chi connectivity index (χ2v) is 21.7. The Balaban J connectivity index is 1.06. The van der Waals surface area contributed by atoms with Crippen LogP contribution in [0.4, 0.5) is 15.3 Å². The Labute approximate surface area is 351 Å². The maximum Gasteiger partial charge on any atom is 0.407 e. The normalized spacial score (nSPS) is 20.2. The second kappa shape index (κ2) is 17.6. The number of methoxy groups -OCH3 is 4. The number of rotatable bonds is 12. The molecule has 3 aliphatic rings. The fourth-order valence-electron chi connectivity index (χ4n) is 8.80. The molecule has 15 nitrogen and oxygen atoms in total. The quantitative estimate of drug-likeness (QED) is 0.141. The lowest BCUT2D eigenvalue weighted by molar-refractivity contribution is -0.137. The maximum absolute atomic E-state index is 14.0. The van der Waals surface area contributed by atoms with Crippen LogP contribution in [0.3, 0.4) is 0 Å².